The van der Waals surface area contributed by atoms with Gasteiger partial charge in [0, 0.05) is 35.6 Å². The van der Waals surface area contributed by atoms with Gasteiger partial charge < -0.3 is 14.7 Å². The van der Waals surface area contributed by atoms with E-state index >= 15 is 0 Å². The number of aromatic nitrogens is 1. The summed E-state index contributed by atoms with van der Waals surface area (Å²) >= 11 is 0. The second kappa shape index (κ2) is 8.24. The van der Waals surface area contributed by atoms with Crippen molar-refractivity contribution in [1.29, 1.82) is 0 Å². The highest BCUT2D eigenvalue weighted by Gasteiger charge is 2.35. The first-order valence-electron chi connectivity index (χ1n) is 10.2. The summed E-state index contributed by atoms with van der Waals surface area (Å²) in [6, 6.07) is 0. The van der Waals surface area contributed by atoms with E-state index in [-0.39, 0.29) is 0 Å². The molecule has 156 valence electrons. The first kappa shape index (κ1) is 22.4. The fourth-order valence-corrected chi connectivity index (χ4v) is 3.80. The number of anilines is 1. The monoisotopic (exact) mass is 388 g/mol. The number of hydrogen-bond acceptors (Lipinski definition) is 4. The highest BCUT2D eigenvalue weighted by Crippen LogP contribution is 2.41. The number of ether oxygens (including phenoxy) is 1. The van der Waals surface area contributed by atoms with Gasteiger partial charge in [-0.3, -0.25) is 4.98 Å². The summed E-state index contributed by atoms with van der Waals surface area (Å²) in [5.41, 5.74) is 4.01. The van der Waals surface area contributed by atoms with E-state index in [0.717, 1.165) is 48.6 Å². The van der Waals surface area contributed by atoms with E-state index in [1.165, 1.54) is 0 Å². The molecular formula is C23H36N2O3. The Bertz CT molecular complexity index is 750. The Labute approximate surface area is 169 Å². The van der Waals surface area contributed by atoms with Gasteiger partial charge in [-0.2, -0.15) is 0 Å². The summed E-state index contributed by atoms with van der Waals surface area (Å²) in [7, 11) is 0. The number of rotatable bonds is 5. The fraction of sp³-hybridized carbons (Fsp3) is 0.652. The number of allylic oxidation sites excluding steroid dienone is 1. The molecule has 0 spiro atoms. The van der Waals surface area contributed by atoms with Gasteiger partial charge in [-0.25, -0.2) is 4.79 Å². The molecule has 1 N–H and O–H groups in total. The third-order valence-electron chi connectivity index (χ3n) is 5.35. The molecule has 1 aromatic rings. The molecule has 0 aliphatic carbocycles. The SMILES string of the molecule is C/C=C/c1c(C)nc(C)c(C(OC(C)(C)C)C(=O)O)c1N1CCC(C)(C)CC1. The minimum atomic E-state index is -1.05. The van der Waals surface area contributed by atoms with Crippen LogP contribution in [0, 0.1) is 19.3 Å². The van der Waals surface area contributed by atoms with Crippen LogP contribution in [0.3, 0.4) is 0 Å². The molecule has 5 nitrogen and oxygen atoms in total. The number of pyridine rings is 1. The summed E-state index contributed by atoms with van der Waals surface area (Å²) < 4.78 is 6.02. The van der Waals surface area contributed by atoms with Gasteiger partial charge in [0.25, 0.3) is 0 Å². The van der Waals surface area contributed by atoms with E-state index in [2.05, 4.69) is 23.7 Å². The molecular weight excluding hydrogens is 352 g/mol. The molecule has 1 aliphatic rings. The van der Waals surface area contributed by atoms with Gasteiger partial charge in [-0.05, 0) is 59.8 Å². The Hall–Kier alpha value is -1.88. The third-order valence-corrected chi connectivity index (χ3v) is 5.35. The maximum Gasteiger partial charge on any atom is 0.337 e. The van der Waals surface area contributed by atoms with Crippen molar-refractivity contribution in [3.05, 3.63) is 28.6 Å². The van der Waals surface area contributed by atoms with Gasteiger partial charge in [0.15, 0.2) is 6.10 Å². The zero-order valence-corrected chi connectivity index (χ0v) is 18.7. The summed E-state index contributed by atoms with van der Waals surface area (Å²) in [5, 5.41) is 10.0. The van der Waals surface area contributed by atoms with Crippen molar-refractivity contribution in [2.24, 2.45) is 5.41 Å². The van der Waals surface area contributed by atoms with Gasteiger partial charge >= 0.3 is 5.97 Å². The average Bonchev–Trinajstić information content (AvgIpc) is 2.54. The lowest BCUT2D eigenvalue weighted by Crippen LogP contribution is -2.39. The molecule has 0 saturated carbocycles. The van der Waals surface area contributed by atoms with Crippen molar-refractivity contribution in [3.63, 3.8) is 0 Å². The van der Waals surface area contributed by atoms with Crippen molar-refractivity contribution in [1.82, 2.24) is 4.98 Å². The van der Waals surface area contributed by atoms with Gasteiger partial charge in [-0.15, -0.1) is 0 Å². The number of nitrogens with zero attached hydrogens (tertiary/aromatic N) is 2. The van der Waals surface area contributed by atoms with Crippen LogP contribution < -0.4 is 4.90 Å². The van der Waals surface area contributed by atoms with Crippen LogP contribution >= 0.6 is 0 Å². The van der Waals surface area contributed by atoms with Gasteiger partial charge in [0.05, 0.1) is 11.3 Å². The lowest BCUT2D eigenvalue weighted by Gasteiger charge is -2.41. The van der Waals surface area contributed by atoms with Gasteiger partial charge in [0.1, 0.15) is 0 Å². The Balaban J connectivity index is 2.69. The van der Waals surface area contributed by atoms with Crippen LogP contribution in [0.2, 0.25) is 0 Å². The van der Waals surface area contributed by atoms with Crippen LogP contribution in [0.1, 0.15) is 83.0 Å². The van der Waals surface area contributed by atoms with Crippen molar-refractivity contribution in [2.75, 3.05) is 18.0 Å². The molecule has 0 bridgehead atoms. The molecule has 1 unspecified atom stereocenters. The molecule has 1 saturated heterocycles. The second-order valence-corrected chi connectivity index (χ2v) is 9.56. The zero-order valence-electron chi connectivity index (χ0n) is 18.7. The number of hydrogen-bond donors (Lipinski definition) is 1. The van der Waals surface area contributed by atoms with E-state index < -0.39 is 17.7 Å². The number of aryl methyl sites for hydroxylation is 2. The molecule has 1 atom stereocenters. The first-order chi connectivity index (χ1) is 12.9. The summed E-state index contributed by atoms with van der Waals surface area (Å²) in [6.45, 7) is 17.9. The van der Waals surface area contributed by atoms with Crippen LogP contribution in [0.4, 0.5) is 5.69 Å². The van der Waals surface area contributed by atoms with Crippen molar-refractivity contribution < 1.29 is 14.6 Å². The number of piperidine rings is 1. The smallest absolute Gasteiger partial charge is 0.337 e. The predicted molar refractivity (Wildman–Crippen MR) is 115 cm³/mol. The molecule has 5 heteroatoms. The maximum absolute atomic E-state index is 12.2. The van der Waals surface area contributed by atoms with Gasteiger partial charge in [-0.1, -0.05) is 26.0 Å². The summed E-state index contributed by atoms with van der Waals surface area (Å²) in [6.07, 6.45) is 5.11. The lowest BCUT2D eigenvalue weighted by atomic mass is 9.82. The largest absolute Gasteiger partial charge is 0.479 e. The predicted octanol–water partition coefficient (Wildman–Crippen LogP) is 5.30. The van der Waals surface area contributed by atoms with Crippen LogP contribution in [-0.4, -0.2) is 34.8 Å². The van der Waals surface area contributed by atoms with E-state index in [9.17, 15) is 9.90 Å². The van der Waals surface area contributed by atoms with E-state index in [0.29, 0.717) is 11.0 Å². The highest BCUT2D eigenvalue weighted by atomic mass is 16.5. The normalized spacial score (nSPS) is 18.5. The standard InChI is InChI=1S/C23H36N2O3/c1-9-10-17-15(2)24-16(3)18(20(21(26)27)28-22(4,5)6)19(17)25-13-11-23(7,8)12-14-25/h9-10,20H,11-14H2,1-8H3,(H,26,27)/b10-9+. The van der Waals surface area contributed by atoms with E-state index in [4.69, 9.17) is 4.74 Å². The summed E-state index contributed by atoms with van der Waals surface area (Å²) in [4.78, 5) is 19.3. The fourth-order valence-electron chi connectivity index (χ4n) is 3.80. The molecule has 1 fully saturated rings. The highest BCUT2D eigenvalue weighted by molar-refractivity contribution is 5.82. The molecule has 28 heavy (non-hydrogen) atoms. The van der Waals surface area contributed by atoms with Crippen molar-refractivity contribution in [3.8, 4) is 0 Å². The van der Waals surface area contributed by atoms with E-state index in [1.54, 1.807) is 0 Å². The Morgan fingerprint density at radius 1 is 1.21 bits per heavy atom. The summed E-state index contributed by atoms with van der Waals surface area (Å²) in [5.74, 6) is -0.978. The minimum Gasteiger partial charge on any atom is -0.479 e. The van der Waals surface area contributed by atoms with Crippen LogP contribution in [0.25, 0.3) is 6.08 Å². The Morgan fingerprint density at radius 2 is 1.79 bits per heavy atom. The quantitative estimate of drug-likeness (QED) is 0.742. The number of carboxylic acid groups (broad SMARTS) is 1. The molecule has 0 amide bonds. The number of carbonyl (C=O) groups is 1. The molecule has 0 radical (unpaired) electrons. The van der Waals surface area contributed by atoms with Crippen molar-refractivity contribution in [2.45, 2.75) is 79.9 Å². The molecule has 1 aliphatic heterocycles. The molecule has 1 aromatic heterocycles. The van der Waals surface area contributed by atoms with Crippen LogP contribution in [0.5, 0.6) is 0 Å². The average molecular weight is 389 g/mol. The van der Waals surface area contributed by atoms with Crippen LogP contribution in [-0.2, 0) is 9.53 Å². The third kappa shape index (κ3) is 5.13. The van der Waals surface area contributed by atoms with E-state index in [1.807, 2.05) is 53.7 Å². The second-order valence-electron chi connectivity index (χ2n) is 9.56. The molecule has 0 aromatic carbocycles. The molecule has 2 rings (SSSR count). The maximum atomic E-state index is 12.2. The number of carboxylic acids is 1. The van der Waals surface area contributed by atoms with Crippen molar-refractivity contribution >= 4 is 17.7 Å². The lowest BCUT2D eigenvalue weighted by molar-refractivity contribution is -0.160. The Morgan fingerprint density at radius 3 is 2.25 bits per heavy atom. The first-order valence-corrected chi connectivity index (χ1v) is 10.2. The zero-order chi connectivity index (χ0) is 21.3. The topological polar surface area (TPSA) is 62.7 Å². The Kier molecular flexibility index (Phi) is 6.59. The van der Waals surface area contributed by atoms with Crippen LogP contribution in [0.15, 0.2) is 6.08 Å². The van der Waals surface area contributed by atoms with Gasteiger partial charge in [0.2, 0.25) is 0 Å². The number of aliphatic carboxylic acids is 1. The minimum absolute atomic E-state index is 0.308. The molecule has 2 heterocycles.